The maximum atomic E-state index is 12.2. The number of nitrogens with zero attached hydrogens (tertiary/aromatic N) is 1. The Morgan fingerprint density at radius 3 is 2.57 bits per heavy atom. The summed E-state index contributed by atoms with van der Waals surface area (Å²) in [7, 11) is 2.52. The lowest BCUT2D eigenvalue weighted by atomic mass is 10.1. The highest BCUT2D eigenvalue weighted by Gasteiger charge is 2.21. The van der Waals surface area contributed by atoms with Crippen LogP contribution in [0.4, 0.5) is 0 Å². The van der Waals surface area contributed by atoms with Gasteiger partial charge in [-0.05, 0) is 52.5 Å². The molecular formula is C21H35N3O3S. The van der Waals surface area contributed by atoms with E-state index in [1.807, 2.05) is 39.0 Å². The van der Waals surface area contributed by atoms with Crippen molar-refractivity contribution in [2.45, 2.75) is 63.9 Å². The Labute approximate surface area is 171 Å². The Bertz CT molecular complexity index is 680. The van der Waals surface area contributed by atoms with Crippen molar-refractivity contribution in [2.24, 2.45) is 4.99 Å². The minimum absolute atomic E-state index is 0.203. The molecule has 0 aromatic heterocycles. The number of nitrogens with one attached hydrogen (secondary N) is 2. The van der Waals surface area contributed by atoms with E-state index < -0.39 is 10.8 Å². The molecule has 6 nitrogen and oxygen atoms in total. The number of ether oxygens (including phenoxy) is 2. The number of rotatable bonds is 8. The molecule has 0 spiro atoms. The SMILES string of the molecule is CN=C(NCCS(=O)C(C)(C)C)NCc1cccc(OC)c1OC1CCCC1. The third-order valence-electron chi connectivity index (χ3n) is 4.80. The van der Waals surface area contributed by atoms with Crippen molar-refractivity contribution in [1.29, 1.82) is 0 Å². The molecule has 1 aliphatic rings. The van der Waals surface area contributed by atoms with E-state index in [2.05, 4.69) is 15.6 Å². The number of hydrogen-bond acceptors (Lipinski definition) is 4. The van der Waals surface area contributed by atoms with Gasteiger partial charge in [-0.2, -0.15) is 0 Å². The van der Waals surface area contributed by atoms with Crippen LogP contribution in [-0.4, -0.2) is 47.5 Å². The smallest absolute Gasteiger partial charge is 0.191 e. The summed E-state index contributed by atoms with van der Waals surface area (Å²) in [4.78, 5) is 4.26. The minimum Gasteiger partial charge on any atom is -0.493 e. The topological polar surface area (TPSA) is 72.0 Å². The van der Waals surface area contributed by atoms with E-state index in [0.717, 1.165) is 29.9 Å². The van der Waals surface area contributed by atoms with Gasteiger partial charge < -0.3 is 20.1 Å². The number of methoxy groups -OCH3 is 1. The first-order valence-corrected chi connectivity index (χ1v) is 11.3. The molecule has 158 valence electrons. The second-order valence-electron chi connectivity index (χ2n) is 7.99. The second kappa shape index (κ2) is 10.7. The van der Waals surface area contributed by atoms with E-state index in [0.29, 0.717) is 24.8 Å². The first-order chi connectivity index (χ1) is 13.3. The lowest BCUT2D eigenvalue weighted by molar-refractivity contribution is 0.198. The molecule has 2 rings (SSSR count). The number of benzene rings is 1. The molecule has 0 aliphatic heterocycles. The van der Waals surface area contributed by atoms with Crippen LogP contribution in [0.3, 0.4) is 0 Å². The quantitative estimate of drug-likeness (QED) is 0.509. The van der Waals surface area contributed by atoms with E-state index in [1.165, 1.54) is 12.8 Å². The third kappa shape index (κ3) is 6.69. The Balaban J connectivity index is 1.95. The summed E-state index contributed by atoms with van der Waals surface area (Å²) in [5.41, 5.74) is 1.03. The summed E-state index contributed by atoms with van der Waals surface area (Å²) >= 11 is 0. The fraction of sp³-hybridized carbons (Fsp3) is 0.667. The number of hydrogen-bond donors (Lipinski definition) is 2. The zero-order chi connectivity index (χ0) is 20.6. The molecule has 1 unspecified atom stereocenters. The summed E-state index contributed by atoms with van der Waals surface area (Å²) in [6, 6.07) is 5.95. The fourth-order valence-electron chi connectivity index (χ4n) is 3.14. The summed E-state index contributed by atoms with van der Waals surface area (Å²) in [6.07, 6.45) is 4.90. The van der Waals surface area contributed by atoms with Crippen LogP contribution in [0.1, 0.15) is 52.0 Å². The van der Waals surface area contributed by atoms with Crippen LogP contribution in [0.15, 0.2) is 23.2 Å². The molecule has 2 N–H and O–H groups in total. The van der Waals surface area contributed by atoms with E-state index in [-0.39, 0.29) is 10.9 Å². The van der Waals surface area contributed by atoms with Crippen LogP contribution < -0.4 is 20.1 Å². The first-order valence-electron chi connectivity index (χ1n) is 10.0. The molecule has 0 bridgehead atoms. The molecule has 1 aromatic rings. The van der Waals surface area contributed by atoms with E-state index >= 15 is 0 Å². The van der Waals surface area contributed by atoms with E-state index in [9.17, 15) is 4.21 Å². The van der Waals surface area contributed by atoms with Crippen LogP contribution >= 0.6 is 0 Å². The minimum atomic E-state index is -0.889. The van der Waals surface area contributed by atoms with Gasteiger partial charge in [0.2, 0.25) is 0 Å². The fourth-order valence-corrected chi connectivity index (χ4v) is 4.04. The average molecular weight is 410 g/mol. The molecular weight excluding hydrogens is 374 g/mol. The maximum Gasteiger partial charge on any atom is 0.191 e. The van der Waals surface area contributed by atoms with Crippen LogP contribution in [0.2, 0.25) is 0 Å². The zero-order valence-electron chi connectivity index (χ0n) is 17.8. The lowest BCUT2D eigenvalue weighted by Crippen LogP contribution is -2.40. The number of para-hydroxylation sites is 1. The predicted molar refractivity (Wildman–Crippen MR) is 117 cm³/mol. The van der Waals surface area contributed by atoms with Crippen molar-refractivity contribution in [3.63, 3.8) is 0 Å². The highest BCUT2D eigenvalue weighted by atomic mass is 32.2. The van der Waals surface area contributed by atoms with Crippen molar-refractivity contribution in [3.05, 3.63) is 23.8 Å². The van der Waals surface area contributed by atoms with Gasteiger partial charge in [-0.3, -0.25) is 9.20 Å². The van der Waals surface area contributed by atoms with Gasteiger partial charge in [0, 0.05) is 47.0 Å². The van der Waals surface area contributed by atoms with Crippen molar-refractivity contribution in [2.75, 3.05) is 26.5 Å². The van der Waals surface area contributed by atoms with Gasteiger partial charge in [0.1, 0.15) is 0 Å². The molecule has 28 heavy (non-hydrogen) atoms. The molecule has 0 radical (unpaired) electrons. The van der Waals surface area contributed by atoms with Gasteiger partial charge in [-0.1, -0.05) is 12.1 Å². The van der Waals surface area contributed by atoms with Crippen LogP contribution in [0.25, 0.3) is 0 Å². The van der Waals surface area contributed by atoms with Crippen LogP contribution in [0.5, 0.6) is 11.5 Å². The first kappa shape index (κ1) is 22.5. The molecule has 1 aliphatic carbocycles. The highest BCUT2D eigenvalue weighted by molar-refractivity contribution is 7.86. The summed E-state index contributed by atoms with van der Waals surface area (Å²) < 4.78 is 23.8. The monoisotopic (exact) mass is 409 g/mol. The summed E-state index contributed by atoms with van der Waals surface area (Å²) in [5.74, 6) is 2.84. The molecule has 0 saturated heterocycles. The summed E-state index contributed by atoms with van der Waals surface area (Å²) in [5, 5.41) is 6.56. The van der Waals surface area contributed by atoms with Crippen LogP contribution in [0, 0.1) is 0 Å². The molecule has 1 atom stereocenters. The van der Waals surface area contributed by atoms with Crippen molar-refractivity contribution in [3.8, 4) is 11.5 Å². The van der Waals surface area contributed by atoms with Crippen molar-refractivity contribution >= 4 is 16.8 Å². The van der Waals surface area contributed by atoms with Crippen LogP contribution in [-0.2, 0) is 17.3 Å². The van der Waals surface area contributed by atoms with E-state index in [4.69, 9.17) is 9.47 Å². The average Bonchev–Trinajstić information content (AvgIpc) is 3.17. The van der Waals surface area contributed by atoms with Crippen molar-refractivity contribution in [1.82, 2.24) is 10.6 Å². The second-order valence-corrected chi connectivity index (χ2v) is 10.3. The Morgan fingerprint density at radius 1 is 1.25 bits per heavy atom. The van der Waals surface area contributed by atoms with Gasteiger partial charge >= 0.3 is 0 Å². The number of guanidine groups is 1. The predicted octanol–water partition coefficient (Wildman–Crippen LogP) is 3.23. The molecule has 7 heteroatoms. The Hall–Kier alpha value is -1.76. The van der Waals surface area contributed by atoms with Gasteiger partial charge in [-0.15, -0.1) is 0 Å². The molecule has 1 fully saturated rings. The third-order valence-corrected chi connectivity index (χ3v) is 6.74. The highest BCUT2D eigenvalue weighted by Crippen LogP contribution is 2.34. The Morgan fingerprint density at radius 2 is 1.96 bits per heavy atom. The molecule has 1 saturated carbocycles. The Kier molecular flexibility index (Phi) is 8.60. The van der Waals surface area contributed by atoms with Gasteiger partial charge in [0.05, 0.1) is 13.2 Å². The normalized spacial score (nSPS) is 16.7. The van der Waals surface area contributed by atoms with Gasteiger partial charge in [-0.25, -0.2) is 0 Å². The van der Waals surface area contributed by atoms with E-state index in [1.54, 1.807) is 14.2 Å². The molecule has 1 aromatic carbocycles. The molecule has 0 amide bonds. The standard InChI is InChI=1S/C21H35N3O3S/c1-21(2,3)28(25)14-13-23-20(22-4)24-15-16-9-8-12-18(26-5)19(16)27-17-10-6-7-11-17/h8-9,12,17H,6-7,10-11,13-15H2,1-5H3,(H2,22,23,24). The zero-order valence-corrected chi connectivity index (χ0v) is 18.7. The molecule has 0 heterocycles. The maximum absolute atomic E-state index is 12.2. The number of aliphatic imine (C=N–C) groups is 1. The van der Waals surface area contributed by atoms with Gasteiger partial charge in [0.25, 0.3) is 0 Å². The van der Waals surface area contributed by atoms with Gasteiger partial charge in [0.15, 0.2) is 17.5 Å². The lowest BCUT2D eigenvalue weighted by Gasteiger charge is -2.20. The largest absolute Gasteiger partial charge is 0.493 e. The van der Waals surface area contributed by atoms with Crippen molar-refractivity contribution < 1.29 is 13.7 Å². The summed E-state index contributed by atoms with van der Waals surface area (Å²) in [6.45, 7) is 7.15.